The Morgan fingerprint density at radius 1 is 1.00 bits per heavy atom. The number of carbonyl (C=O) groups is 2. The average Bonchev–Trinajstić information content (AvgIpc) is 2.60. The lowest BCUT2D eigenvalue weighted by Gasteiger charge is -2.25. The fourth-order valence-electron chi connectivity index (χ4n) is 2.23. The molecule has 2 aromatic rings. The summed E-state index contributed by atoms with van der Waals surface area (Å²) in [6.07, 6.45) is 0.173. The lowest BCUT2D eigenvalue weighted by atomic mass is 10.1. The van der Waals surface area contributed by atoms with Crippen molar-refractivity contribution in [3.63, 3.8) is 0 Å². The molecule has 0 N–H and O–H groups in total. The van der Waals surface area contributed by atoms with Crippen LogP contribution < -0.4 is 0 Å². The van der Waals surface area contributed by atoms with Crippen molar-refractivity contribution in [3.05, 3.63) is 71.8 Å². The van der Waals surface area contributed by atoms with Gasteiger partial charge in [0.1, 0.15) is 0 Å². The Hall–Kier alpha value is -2.62. The highest BCUT2D eigenvalue weighted by atomic mass is 16.5. The van der Waals surface area contributed by atoms with Gasteiger partial charge < -0.3 is 9.64 Å². The van der Waals surface area contributed by atoms with E-state index >= 15 is 0 Å². The second-order valence-electron chi connectivity index (χ2n) is 5.41. The number of benzene rings is 2. The highest BCUT2D eigenvalue weighted by molar-refractivity contribution is 5.81. The molecule has 0 fully saturated rings. The molecule has 23 heavy (non-hydrogen) atoms. The maximum absolute atomic E-state index is 12.2. The topological polar surface area (TPSA) is 46.6 Å². The van der Waals surface area contributed by atoms with Gasteiger partial charge in [0.25, 0.3) is 5.91 Å². The van der Waals surface area contributed by atoms with E-state index in [1.165, 1.54) is 0 Å². The third kappa shape index (κ3) is 4.95. The van der Waals surface area contributed by atoms with Crippen LogP contribution in [-0.2, 0) is 20.7 Å². The molecule has 0 saturated carbocycles. The molecule has 2 rings (SSSR count). The van der Waals surface area contributed by atoms with E-state index in [0.717, 1.165) is 11.1 Å². The van der Waals surface area contributed by atoms with Gasteiger partial charge in [0, 0.05) is 7.05 Å². The highest BCUT2D eigenvalue weighted by Crippen LogP contribution is 2.18. The first kappa shape index (κ1) is 16.7. The number of hydrogen-bond acceptors (Lipinski definition) is 3. The Kier molecular flexibility index (Phi) is 5.92. The highest BCUT2D eigenvalue weighted by Gasteiger charge is 2.18. The Morgan fingerprint density at radius 3 is 2.17 bits per heavy atom. The van der Waals surface area contributed by atoms with Gasteiger partial charge in [0.15, 0.2) is 6.61 Å². The molecule has 1 unspecified atom stereocenters. The van der Waals surface area contributed by atoms with Crippen molar-refractivity contribution < 1.29 is 14.3 Å². The van der Waals surface area contributed by atoms with Crippen LogP contribution in [0.4, 0.5) is 0 Å². The van der Waals surface area contributed by atoms with E-state index in [0.29, 0.717) is 0 Å². The van der Waals surface area contributed by atoms with Crippen molar-refractivity contribution in [1.82, 2.24) is 4.90 Å². The predicted octanol–water partition coefficient (Wildman–Crippen LogP) is 2.99. The van der Waals surface area contributed by atoms with Crippen LogP contribution in [-0.4, -0.2) is 30.4 Å². The maximum atomic E-state index is 12.2. The Balaban J connectivity index is 1.83. The van der Waals surface area contributed by atoms with Gasteiger partial charge in [0.05, 0.1) is 12.5 Å². The second kappa shape index (κ2) is 8.13. The summed E-state index contributed by atoms with van der Waals surface area (Å²) in [5.41, 5.74) is 1.91. The molecule has 4 heteroatoms. The van der Waals surface area contributed by atoms with Crippen LogP contribution in [0.1, 0.15) is 24.1 Å². The number of amides is 1. The molecule has 0 aromatic heterocycles. The van der Waals surface area contributed by atoms with Gasteiger partial charge >= 0.3 is 5.97 Å². The summed E-state index contributed by atoms with van der Waals surface area (Å²) >= 11 is 0. The number of esters is 1. The molecule has 0 radical (unpaired) electrons. The minimum atomic E-state index is -0.398. The third-order valence-electron chi connectivity index (χ3n) is 3.80. The van der Waals surface area contributed by atoms with E-state index in [9.17, 15) is 9.59 Å². The van der Waals surface area contributed by atoms with Gasteiger partial charge in [-0.1, -0.05) is 60.7 Å². The molecular formula is C19H21NO3. The van der Waals surface area contributed by atoms with Gasteiger partial charge in [-0.15, -0.1) is 0 Å². The van der Waals surface area contributed by atoms with Crippen molar-refractivity contribution in [1.29, 1.82) is 0 Å². The SMILES string of the molecule is CC(c1ccccc1)N(C)C(=O)COC(=O)Cc1ccccc1. The van der Waals surface area contributed by atoms with E-state index < -0.39 is 5.97 Å². The molecule has 1 amide bonds. The standard InChI is InChI=1S/C19H21NO3/c1-15(17-11-7-4-8-12-17)20(2)18(21)14-23-19(22)13-16-9-5-3-6-10-16/h3-12,15H,13-14H2,1-2H3. The molecule has 4 nitrogen and oxygen atoms in total. The Labute approximate surface area is 136 Å². The molecule has 0 aliphatic rings. The van der Waals surface area contributed by atoms with E-state index in [-0.39, 0.29) is 25.0 Å². The van der Waals surface area contributed by atoms with Gasteiger partial charge in [-0.05, 0) is 18.1 Å². The zero-order valence-electron chi connectivity index (χ0n) is 13.4. The van der Waals surface area contributed by atoms with E-state index in [2.05, 4.69) is 0 Å². The summed E-state index contributed by atoms with van der Waals surface area (Å²) < 4.78 is 5.08. The first-order valence-corrected chi connectivity index (χ1v) is 7.58. The molecule has 1 atom stereocenters. The number of rotatable bonds is 6. The van der Waals surface area contributed by atoms with Crippen LogP contribution in [0, 0.1) is 0 Å². The molecule has 0 aliphatic heterocycles. The molecular weight excluding hydrogens is 290 g/mol. The Bertz CT molecular complexity index is 640. The number of hydrogen-bond donors (Lipinski definition) is 0. The monoisotopic (exact) mass is 311 g/mol. The molecule has 0 bridgehead atoms. The smallest absolute Gasteiger partial charge is 0.310 e. The van der Waals surface area contributed by atoms with E-state index in [1.807, 2.05) is 67.6 Å². The summed E-state index contributed by atoms with van der Waals surface area (Å²) in [5.74, 6) is -0.618. The maximum Gasteiger partial charge on any atom is 0.310 e. The number of carbonyl (C=O) groups excluding carboxylic acids is 2. The summed E-state index contributed by atoms with van der Waals surface area (Å²) in [6.45, 7) is 1.71. The summed E-state index contributed by atoms with van der Waals surface area (Å²) in [7, 11) is 1.71. The first-order valence-electron chi connectivity index (χ1n) is 7.58. The largest absolute Gasteiger partial charge is 0.455 e. The molecule has 0 heterocycles. The minimum Gasteiger partial charge on any atom is -0.455 e. The normalized spacial score (nSPS) is 11.6. The number of nitrogens with zero attached hydrogens (tertiary/aromatic N) is 1. The van der Waals surface area contributed by atoms with Crippen LogP contribution in [0.2, 0.25) is 0 Å². The molecule has 0 aliphatic carbocycles. The molecule has 0 saturated heterocycles. The van der Waals surface area contributed by atoms with Crippen molar-refractivity contribution in [2.75, 3.05) is 13.7 Å². The van der Waals surface area contributed by atoms with Crippen molar-refractivity contribution >= 4 is 11.9 Å². The predicted molar refractivity (Wildman–Crippen MR) is 88.7 cm³/mol. The first-order chi connectivity index (χ1) is 11.1. The quantitative estimate of drug-likeness (QED) is 0.771. The average molecular weight is 311 g/mol. The van der Waals surface area contributed by atoms with Crippen LogP contribution >= 0.6 is 0 Å². The lowest BCUT2D eigenvalue weighted by Crippen LogP contribution is -2.33. The fraction of sp³-hybridized carbons (Fsp3) is 0.263. The van der Waals surface area contributed by atoms with Crippen molar-refractivity contribution in [2.45, 2.75) is 19.4 Å². The van der Waals surface area contributed by atoms with Crippen LogP contribution in [0.3, 0.4) is 0 Å². The lowest BCUT2D eigenvalue weighted by molar-refractivity contribution is -0.151. The van der Waals surface area contributed by atoms with Crippen LogP contribution in [0.15, 0.2) is 60.7 Å². The molecule has 120 valence electrons. The summed E-state index contributed by atoms with van der Waals surface area (Å²) in [6, 6.07) is 19.0. The zero-order valence-corrected chi connectivity index (χ0v) is 13.4. The van der Waals surface area contributed by atoms with Crippen LogP contribution in [0.25, 0.3) is 0 Å². The number of ether oxygens (including phenoxy) is 1. The fourth-order valence-corrected chi connectivity index (χ4v) is 2.23. The third-order valence-corrected chi connectivity index (χ3v) is 3.80. The summed E-state index contributed by atoms with van der Waals surface area (Å²) in [5, 5.41) is 0. The molecule has 2 aromatic carbocycles. The van der Waals surface area contributed by atoms with Crippen molar-refractivity contribution in [2.24, 2.45) is 0 Å². The Morgan fingerprint density at radius 2 is 1.57 bits per heavy atom. The second-order valence-corrected chi connectivity index (χ2v) is 5.41. The van der Waals surface area contributed by atoms with E-state index in [4.69, 9.17) is 4.74 Å². The van der Waals surface area contributed by atoms with E-state index in [1.54, 1.807) is 11.9 Å². The van der Waals surface area contributed by atoms with Gasteiger partial charge in [-0.25, -0.2) is 0 Å². The van der Waals surface area contributed by atoms with Gasteiger partial charge in [0.2, 0.25) is 0 Å². The van der Waals surface area contributed by atoms with Crippen LogP contribution in [0.5, 0.6) is 0 Å². The summed E-state index contributed by atoms with van der Waals surface area (Å²) in [4.78, 5) is 25.5. The zero-order chi connectivity index (χ0) is 16.7. The molecule has 0 spiro atoms. The van der Waals surface area contributed by atoms with Gasteiger partial charge in [-0.2, -0.15) is 0 Å². The number of likely N-dealkylation sites (N-methyl/N-ethyl adjacent to an activating group) is 1. The minimum absolute atomic E-state index is 0.0727. The van der Waals surface area contributed by atoms with Gasteiger partial charge in [-0.3, -0.25) is 9.59 Å². The van der Waals surface area contributed by atoms with Crippen molar-refractivity contribution in [3.8, 4) is 0 Å².